The van der Waals surface area contributed by atoms with Crippen molar-refractivity contribution in [3.63, 3.8) is 0 Å². The van der Waals surface area contributed by atoms with Crippen LogP contribution in [-0.2, 0) is 9.47 Å². The van der Waals surface area contributed by atoms with Crippen LogP contribution < -0.4 is 26.6 Å². The van der Waals surface area contributed by atoms with Crippen molar-refractivity contribution < 1.29 is 27.8 Å². The van der Waals surface area contributed by atoms with Crippen LogP contribution in [0.25, 0.3) is 0 Å². The van der Waals surface area contributed by atoms with Gasteiger partial charge in [-0.2, -0.15) is 0 Å². The largest absolute Gasteiger partial charge is 0.444 e. The molecule has 2 amide bonds. The summed E-state index contributed by atoms with van der Waals surface area (Å²) in [6, 6.07) is 1.41. The van der Waals surface area contributed by atoms with Crippen molar-refractivity contribution >= 4 is 35.1 Å². The van der Waals surface area contributed by atoms with Crippen molar-refractivity contribution in [2.75, 3.05) is 41.8 Å². The Labute approximate surface area is 232 Å². The Morgan fingerprint density at radius 3 is 2.42 bits per heavy atom. The van der Waals surface area contributed by atoms with Crippen LogP contribution in [0.4, 0.5) is 36.7 Å². The van der Waals surface area contributed by atoms with Gasteiger partial charge in [0.2, 0.25) is 0 Å². The third kappa shape index (κ3) is 7.26. The number of anilines is 4. The molecule has 1 aliphatic carbocycles. The minimum absolute atomic E-state index is 0.0585. The Bertz CT molecular complexity index is 1230. The van der Waals surface area contributed by atoms with Gasteiger partial charge in [0.25, 0.3) is 5.91 Å². The summed E-state index contributed by atoms with van der Waals surface area (Å²) in [4.78, 5) is 34.8. The van der Waals surface area contributed by atoms with E-state index in [4.69, 9.17) is 15.2 Å². The molecular formula is C27H37F2N7O4. The molecule has 1 aliphatic heterocycles. The van der Waals surface area contributed by atoms with Gasteiger partial charge in [0.15, 0.2) is 23.3 Å². The van der Waals surface area contributed by atoms with E-state index >= 15 is 4.39 Å². The summed E-state index contributed by atoms with van der Waals surface area (Å²) in [6.45, 7) is 9.10. The number of hydrogen-bond donors (Lipinski definition) is 4. The summed E-state index contributed by atoms with van der Waals surface area (Å²) in [5, 5.41) is 8.79. The second-order valence-electron chi connectivity index (χ2n) is 11.1. The minimum atomic E-state index is -0.908. The average molecular weight is 562 g/mol. The number of amides is 2. The molecule has 13 heteroatoms. The predicted molar refractivity (Wildman–Crippen MR) is 147 cm³/mol. The van der Waals surface area contributed by atoms with E-state index in [1.807, 2.05) is 0 Å². The number of aromatic nitrogens is 2. The molecule has 2 aromatic heterocycles. The molecule has 3 heterocycles. The Kier molecular flexibility index (Phi) is 8.92. The molecule has 2 aliphatic rings. The Balaban J connectivity index is 1.57. The van der Waals surface area contributed by atoms with E-state index in [9.17, 15) is 14.0 Å². The van der Waals surface area contributed by atoms with Crippen LogP contribution in [0, 0.1) is 17.6 Å². The van der Waals surface area contributed by atoms with Crippen LogP contribution in [0.2, 0.25) is 0 Å². The smallest absolute Gasteiger partial charge is 0.407 e. The minimum Gasteiger partial charge on any atom is -0.444 e. The van der Waals surface area contributed by atoms with E-state index < -0.39 is 35.3 Å². The summed E-state index contributed by atoms with van der Waals surface area (Å²) < 4.78 is 40.8. The maximum absolute atomic E-state index is 15.2. The van der Waals surface area contributed by atoms with E-state index in [2.05, 4.69) is 25.9 Å². The Hall–Kier alpha value is -3.74. The summed E-state index contributed by atoms with van der Waals surface area (Å²) in [7, 11) is 0. The highest BCUT2D eigenvalue weighted by molar-refractivity contribution is 5.98. The number of rotatable bonds is 9. The van der Waals surface area contributed by atoms with Crippen molar-refractivity contribution in [2.24, 2.45) is 11.7 Å². The molecule has 0 radical (unpaired) electrons. The number of carbonyl (C=O) groups is 2. The van der Waals surface area contributed by atoms with Gasteiger partial charge in [0, 0.05) is 25.2 Å². The van der Waals surface area contributed by atoms with Crippen LogP contribution >= 0.6 is 0 Å². The molecule has 218 valence electrons. The summed E-state index contributed by atoms with van der Waals surface area (Å²) in [6.07, 6.45) is 3.63. The van der Waals surface area contributed by atoms with Gasteiger partial charge in [-0.05, 0) is 52.5 Å². The summed E-state index contributed by atoms with van der Waals surface area (Å²) >= 11 is 0. The van der Waals surface area contributed by atoms with Gasteiger partial charge < -0.3 is 36.1 Å². The molecule has 0 aromatic carbocycles. The van der Waals surface area contributed by atoms with Crippen molar-refractivity contribution in [3.05, 3.63) is 35.5 Å². The van der Waals surface area contributed by atoms with E-state index in [-0.39, 0.29) is 40.7 Å². The molecule has 0 unspecified atom stereocenters. The van der Waals surface area contributed by atoms with Crippen LogP contribution in [-0.4, -0.2) is 66.0 Å². The number of pyridine rings is 2. The van der Waals surface area contributed by atoms with Crippen molar-refractivity contribution in [1.29, 1.82) is 0 Å². The third-order valence-electron chi connectivity index (χ3n) is 6.88. The molecular weight excluding hydrogens is 524 g/mol. The lowest BCUT2D eigenvalue weighted by atomic mass is 9.77. The number of alkyl carbamates (subject to hydrolysis) is 1. The quantitative estimate of drug-likeness (QED) is 0.358. The highest BCUT2D eigenvalue weighted by atomic mass is 19.1. The zero-order chi connectivity index (χ0) is 29.0. The lowest BCUT2D eigenvalue weighted by Gasteiger charge is -2.38. The van der Waals surface area contributed by atoms with E-state index in [1.54, 1.807) is 32.6 Å². The van der Waals surface area contributed by atoms with Gasteiger partial charge in [-0.25, -0.2) is 23.5 Å². The van der Waals surface area contributed by atoms with Crippen molar-refractivity contribution in [3.8, 4) is 0 Å². The molecule has 2 atom stereocenters. The molecule has 1 saturated carbocycles. The molecule has 0 spiro atoms. The molecule has 1 saturated heterocycles. The molecule has 40 heavy (non-hydrogen) atoms. The SMILES string of the molecule is C[C@H](NC(=O)OC(C)(C)C)[C@H](Nc1nc(Nc2cnc(N3CCOCC3)c(F)c2)c(C(N)=O)cc1F)C1CCC1. The number of primary amides is 1. The number of hydrogen-bond acceptors (Lipinski definition) is 9. The lowest BCUT2D eigenvalue weighted by molar-refractivity contribution is 0.0492. The highest BCUT2D eigenvalue weighted by Crippen LogP contribution is 2.34. The predicted octanol–water partition coefficient (Wildman–Crippen LogP) is 3.93. The van der Waals surface area contributed by atoms with Crippen LogP contribution in [0.3, 0.4) is 0 Å². The third-order valence-corrected chi connectivity index (χ3v) is 6.88. The first kappa shape index (κ1) is 29.2. The topological polar surface area (TPSA) is 144 Å². The van der Waals surface area contributed by atoms with E-state index in [0.717, 1.165) is 25.3 Å². The fourth-order valence-corrected chi connectivity index (χ4v) is 4.71. The zero-order valence-electron chi connectivity index (χ0n) is 23.2. The summed E-state index contributed by atoms with van der Waals surface area (Å²) in [5.74, 6) is -2.12. The number of carbonyl (C=O) groups excluding carboxylic acids is 2. The van der Waals surface area contributed by atoms with Gasteiger partial charge >= 0.3 is 6.09 Å². The van der Waals surface area contributed by atoms with Gasteiger partial charge in [0.1, 0.15) is 11.4 Å². The second kappa shape index (κ2) is 12.2. The number of ether oxygens (including phenoxy) is 2. The number of morpholine rings is 1. The average Bonchev–Trinajstić information content (AvgIpc) is 2.83. The summed E-state index contributed by atoms with van der Waals surface area (Å²) in [5.41, 5.74) is 4.83. The van der Waals surface area contributed by atoms with Gasteiger partial charge in [-0.3, -0.25) is 4.79 Å². The number of nitrogens with one attached hydrogen (secondary N) is 3. The zero-order valence-corrected chi connectivity index (χ0v) is 23.2. The number of nitrogens with zero attached hydrogens (tertiary/aromatic N) is 3. The van der Waals surface area contributed by atoms with Gasteiger partial charge in [-0.15, -0.1) is 0 Å². The fourth-order valence-electron chi connectivity index (χ4n) is 4.71. The maximum atomic E-state index is 15.2. The molecule has 4 rings (SSSR count). The monoisotopic (exact) mass is 561 g/mol. The van der Waals surface area contributed by atoms with Crippen LogP contribution in [0.1, 0.15) is 57.3 Å². The van der Waals surface area contributed by atoms with Gasteiger partial charge in [-0.1, -0.05) is 6.42 Å². The van der Waals surface area contributed by atoms with Crippen molar-refractivity contribution in [2.45, 2.75) is 64.6 Å². The maximum Gasteiger partial charge on any atom is 0.407 e. The molecule has 2 aromatic rings. The number of nitrogens with two attached hydrogens (primary N) is 1. The normalized spacial score (nSPS) is 17.4. The molecule has 5 N–H and O–H groups in total. The molecule has 11 nitrogen and oxygen atoms in total. The lowest BCUT2D eigenvalue weighted by Crippen LogP contribution is -2.51. The first-order valence-corrected chi connectivity index (χ1v) is 13.4. The van der Waals surface area contributed by atoms with Crippen LogP contribution in [0.5, 0.6) is 0 Å². The second-order valence-corrected chi connectivity index (χ2v) is 11.1. The highest BCUT2D eigenvalue weighted by Gasteiger charge is 2.34. The standard InChI is InChI=1S/C27H37F2N7O4/c1-15(32-26(38)40-27(2,3)4)21(16-6-5-7-16)34-24-19(28)13-18(22(30)37)23(35-24)33-17-12-20(29)25(31-14-17)36-8-10-39-11-9-36/h12-16,21H,5-11H2,1-4H3,(H2,30,37)(H,32,38)(H2,33,34,35)/t15-,21-/m0/s1. The fraction of sp³-hybridized carbons (Fsp3) is 0.556. The Morgan fingerprint density at radius 1 is 1.15 bits per heavy atom. The molecule has 2 fully saturated rings. The van der Waals surface area contributed by atoms with Crippen molar-refractivity contribution in [1.82, 2.24) is 15.3 Å². The van der Waals surface area contributed by atoms with Gasteiger partial charge in [0.05, 0.1) is 36.7 Å². The molecule has 0 bridgehead atoms. The first-order valence-electron chi connectivity index (χ1n) is 13.4. The van der Waals surface area contributed by atoms with E-state index in [1.165, 1.54) is 12.3 Å². The first-order chi connectivity index (χ1) is 18.9. The van der Waals surface area contributed by atoms with E-state index in [0.29, 0.717) is 26.3 Å². The van der Waals surface area contributed by atoms with Crippen LogP contribution in [0.15, 0.2) is 18.3 Å². The Morgan fingerprint density at radius 2 is 1.85 bits per heavy atom. The number of halogens is 2.